The van der Waals surface area contributed by atoms with Gasteiger partial charge in [-0.2, -0.15) is 0 Å². The number of hydrogen-bond acceptors (Lipinski definition) is 3. The number of nitrogens with one attached hydrogen (secondary N) is 1. The van der Waals surface area contributed by atoms with Crippen molar-refractivity contribution in [1.29, 1.82) is 0 Å². The minimum Gasteiger partial charge on any atom is -0.345 e. The molecular formula is C22H24N4O. The highest BCUT2D eigenvalue weighted by Gasteiger charge is 2.35. The van der Waals surface area contributed by atoms with Crippen LogP contribution in [0.1, 0.15) is 29.0 Å². The van der Waals surface area contributed by atoms with Gasteiger partial charge in [-0.3, -0.25) is 4.79 Å². The van der Waals surface area contributed by atoms with Crippen molar-refractivity contribution in [2.24, 2.45) is 5.92 Å². The van der Waals surface area contributed by atoms with E-state index in [2.05, 4.69) is 27.3 Å². The normalized spacial score (nSPS) is 24.2. The summed E-state index contributed by atoms with van der Waals surface area (Å²) in [7, 11) is 0. The maximum absolute atomic E-state index is 13.2. The molecule has 0 saturated carbocycles. The van der Waals surface area contributed by atoms with Crippen molar-refractivity contribution in [2.45, 2.75) is 25.4 Å². The van der Waals surface area contributed by atoms with Crippen LogP contribution in [-0.4, -0.2) is 46.0 Å². The molecular weight excluding hydrogens is 336 g/mol. The number of carbonyl (C=O) groups excluding carboxylic acids is 1. The lowest BCUT2D eigenvalue weighted by molar-refractivity contribution is 0.0613. The molecule has 1 unspecified atom stereocenters. The molecule has 1 amide bonds. The number of carbonyl (C=O) groups is 1. The highest BCUT2D eigenvalue weighted by molar-refractivity contribution is 5.95. The number of imidazole rings is 1. The van der Waals surface area contributed by atoms with E-state index in [9.17, 15) is 4.79 Å². The van der Waals surface area contributed by atoms with Crippen LogP contribution in [0.2, 0.25) is 0 Å². The number of piperidine rings is 3. The molecule has 3 saturated heterocycles. The fraction of sp³-hybridized carbons (Fsp3) is 0.364. The van der Waals surface area contributed by atoms with Gasteiger partial charge in [0.15, 0.2) is 5.82 Å². The zero-order valence-corrected chi connectivity index (χ0v) is 15.3. The van der Waals surface area contributed by atoms with Crippen LogP contribution in [0.25, 0.3) is 11.0 Å². The molecule has 4 heterocycles. The molecule has 2 aromatic carbocycles. The lowest BCUT2D eigenvalue weighted by atomic mass is 9.84. The first-order valence-corrected chi connectivity index (χ1v) is 9.80. The molecule has 3 aromatic rings. The number of amides is 1. The lowest BCUT2D eigenvalue weighted by Gasteiger charge is -2.44. The summed E-state index contributed by atoms with van der Waals surface area (Å²) in [6.45, 7) is 3.95. The van der Waals surface area contributed by atoms with Gasteiger partial charge >= 0.3 is 0 Å². The molecule has 3 fully saturated rings. The number of benzene rings is 2. The third kappa shape index (κ3) is 3.12. The molecule has 1 N–H and O–H groups in total. The molecule has 138 valence electrons. The molecule has 1 aromatic heterocycles. The van der Waals surface area contributed by atoms with Crippen molar-refractivity contribution in [2.75, 3.05) is 19.6 Å². The molecule has 3 aliphatic rings. The van der Waals surface area contributed by atoms with Crippen molar-refractivity contribution < 1.29 is 4.79 Å². The van der Waals surface area contributed by atoms with E-state index in [1.54, 1.807) is 0 Å². The van der Waals surface area contributed by atoms with Gasteiger partial charge in [-0.05, 0) is 49.5 Å². The molecule has 2 bridgehead atoms. The Hall–Kier alpha value is -2.66. The van der Waals surface area contributed by atoms with Gasteiger partial charge in [0.05, 0.1) is 11.0 Å². The summed E-state index contributed by atoms with van der Waals surface area (Å²) < 4.78 is 2.04. The number of aromatic nitrogens is 2. The van der Waals surface area contributed by atoms with Crippen LogP contribution in [0.5, 0.6) is 0 Å². The lowest BCUT2D eigenvalue weighted by Crippen LogP contribution is -2.57. The summed E-state index contributed by atoms with van der Waals surface area (Å²) in [6.07, 6.45) is 2.37. The maximum atomic E-state index is 13.2. The van der Waals surface area contributed by atoms with Gasteiger partial charge in [0.25, 0.3) is 5.91 Å². The number of hydrogen-bond donors (Lipinski definition) is 1. The van der Waals surface area contributed by atoms with E-state index in [1.165, 1.54) is 25.9 Å². The van der Waals surface area contributed by atoms with E-state index in [4.69, 9.17) is 0 Å². The van der Waals surface area contributed by atoms with Crippen LogP contribution < -0.4 is 5.32 Å². The Labute approximate surface area is 159 Å². The standard InChI is InChI=1S/C22H24N4O/c27-22(24-19-15-25-12-10-17(19)11-13-25)21-23-18-8-4-5-9-20(18)26(21)14-16-6-2-1-3-7-16/h1-9,17,19H,10-15H2,(H,24,27). The number of nitrogens with zero attached hydrogens (tertiary/aromatic N) is 3. The highest BCUT2D eigenvalue weighted by atomic mass is 16.2. The third-order valence-corrected chi connectivity index (χ3v) is 6.01. The predicted molar refractivity (Wildman–Crippen MR) is 106 cm³/mol. The van der Waals surface area contributed by atoms with Crippen molar-refractivity contribution in [3.8, 4) is 0 Å². The molecule has 0 aliphatic carbocycles. The van der Waals surface area contributed by atoms with Gasteiger partial charge in [0.1, 0.15) is 0 Å². The van der Waals surface area contributed by atoms with E-state index in [1.807, 2.05) is 47.0 Å². The van der Waals surface area contributed by atoms with Gasteiger partial charge in [-0.15, -0.1) is 0 Å². The topological polar surface area (TPSA) is 50.2 Å². The Morgan fingerprint density at radius 2 is 1.78 bits per heavy atom. The van der Waals surface area contributed by atoms with Crippen molar-refractivity contribution in [1.82, 2.24) is 19.8 Å². The van der Waals surface area contributed by atoms with Crippen LogP contribution in [-0.2, 0) is 6.54 Å². The summed E-state index contributed by atoms with van der Waals surface area (Å²) in [5, 5.41) is 3.29. The number of fused-ring (bicyclic) bond motifs is 4. The Morgan fingerprint density at radius 3 is 2.52 bits per heavy atom. The fourth-order valence-corrected chi connectivity index (χ4v) is 4.54. The van der Waals surface area contributed by atoms with E-state index >= 15 is 0 Å². The summed E-state index contributed by atoms with van der Waals surface area (Å²) in [5.74, 6) is 1.06. The van der Waals surface area contributed by atoms with E-state index in [0.717, 1.165) is 23.1 Å². The quantitative estimate of drug-likeness (QED) is 0.778. The molecule has 0 spiro atoms. The first kappa shape index (κ1) is 16.5. The highest BCUT2D eigenvalue weighted by Crippen LogP contribution is 2.28. The first-order chi connectivity index (χ1) is 13.3. The Morgan fingerprint density at radius 1 is 1.04 bits per heavy atom. The zero-order chi connectivity index (χ0) is 18.2. The van der Waals surface area contributed by atoms with Crippen LogP contribution in [0.4, 0.5) is 0 Å². The summed E-state index contributed by atoms with van der Waals surface area (Å²) in [4.78, 5) is 20.3. The maximum Gasteiger partial charge on any atom is 0.287 e. The molecule has 5 nitrogen and oxygen atoms in total. The van der Waals surface area contributed by atoms with E-state index in [-0.39, 0.29) is 11.9 Å². The molecule has 1 atom stereocenters. The minimum absolute atomic E-state index is 0.0547. The molecule has 5 heteroatoms. The average Bonchev–Trinajstić information content (AvgIpc) is 3.08. The predicted octanol–water partition coefficient (Wildman–Crippen LogP) is 2.91. The van der Waals surface area contributed by atoms with E-state index in [0.29, 0.717) is 18.3 Å². The molecule has 3 aliphatic heterocycles. The van der Waals surface area contributed by atoms with Gasteiger partial charge in [-0.25, -0.2) is 4.98 Å². The number of para-hydroxylation sites is 2. The Balaban J connectivity index is 1.46. The molecule has 6 rings (SSSR count). The SMILES string of the molecule is O=C(NC1CN2CCC1CC2)c1nc2ccccc2n1Cc1ccccc1. The minimum atomic E-state index is -0.0547. The first-order valence-electron chi connectivity index (χ1n) is 9.80. The van der Waals surface area contributed by atoms with Crippen LogP contribution in [0, 0.1) is 5.92 Å². The summed E-state index contributed by atoms with van der Waals surface area (Å²) in [6, 6.07) is 18.5. The number of rotatable bonds is 4. The molecule has 0 radical (unpaired) electrons. The second kappa shape index (κ2) is 6.82. The van der Waals surface area contributed by atoms with E-state index < -0.39 is 0 Å². The van der Waals surface area contributed by atoms with Crippen LogP contribution in [0.15, 0.2) is 54.6 Å². The molecule has 27 heavy (non-hydrogen) atoms. The zero-order valence-electron chi connectivity index (χ0n) is 15.3. The van der Waals surface area contributed by atoms with Gasteiger partial charge in [0.2, 0.25) is 0 Å². The second-order valence-corrected chi connectivity index (χ2v) is 7.71. The van der Waals surface area contributed by atoms with Gasteiger partial charge in [-0.1, -0.05) is 42.5 Å². The van der Waals surface area contributed by atoms with Crippen molar-refractivity contribution in [3.05, 3.63) is 66.0 Å². The van der Waals surface area contributed by atoms with Crippen LogP contribution in [0.3, 0.4) is 0 Å². The van der Waals surface area contributed by atoms with Crippen molar-refractivity contribution >= 4 is 16.9 Å². The second-order valence-electron chi connectivity index (χ2n) is 7.71. The Bertz CT molecular complexity index is 957. The van der Waals surface area contributed by atoms with Gasteiger partial charge < -0.3 is 14.8 Å². The van der Waals surface area contributed by atoms with Crippen molar-refractivity contribution in [3.63, 3.8) is 0 Å². The summed E-state index contributed by atoms with van der Waals surface area (Å²) in [5.41, 5.74) is 3.03. The largest absolute Gasteiger partial charge is 0.345 e. The Kier molecular flexibility index (Phi) is 4.17. The summed E-state index contributed by atoms with van der Waals surface area (Å²) >= 11 is 0. The fourth-order valence-electron chi connectivity index (χ4n) is 4.54. The van der Waals surface area contributed by atoms with Crippen LogP contribution >= 0.6 is 0 Å². The smallest absolute Gasteiger partial charge is 0.287 e. The third-order valence-electron chi connectivity index (χ3n) is 6.01. The van der Waals surface area contributed by atoms with Gasteiger partial charge in [0, 0.05) is 19.1 Å². The monoisotopic (exact) mass is 360 g/mol. The average molecular weight is 360 g/mol.